The average Bonchev–Trinajstić information content (AvgIpc) is 2.01. The molecular formula is C14H33O3Ti-. The van der Waals surface area contributed by atoms with Gasteiger partial charge in [-0.05, 0) is 41.5 Å². The number of allylic oxidation sites excluding steroid dienone is 2. The van der Waals surface area contributed by atoms with Gasteiger partial charge in [-0.25, -0.2) is 18.6 Å². The van der Waals surface area contributed by atoms with Crippen molar-refractivity contribution < 1.29 is 37.0 Å². The standard InChI is InChI=1S/C5H9.3C3H8O.Ti/c1-3-5-4-2;3*1-3(2)4;/h3-5H,1-2H3;3*3-4H,1-2H3;/q-1;;;;/b5-3+;;;;. The minimum absolute atomic E-state index is 0. The van der Waals surface area contributed by atoms with Crippen molar-refractivity contribution in [3.05, 3.63) is 18.6 Å². The van der Waals surface area contributed by atoms with Crippen molar-refractivity contribution in [3.8, 4) is 0 Å². The van der Waals surface area contributed by atoms with Gasteiger partial charge >= 0.3 is 0 Å². The molecule has 0 aromatic carbocycles. The predicted octanol–water partition coefficient (Wildman–Crippen LogP) is 2.95. The van der Waals surface area contributed by atoms with E-state index in [2.05, 4.69) is 0 Å². The average molecular weight is 297 g/mol. The molecule has 0 bridgehead atoms. The Morgan fingerprint density at radius 1 is 0.778 bits per heavy atom. The monoisotopic (exact) mass is 297 g/mol. The minimum atomic E-state index is -0.167. The van der Waals surface area contributed by atoms with Crippen LogP contribution in [0.4, 0.5) is 0 Å². The van der Waals surface area contributed by atoms with Crippen molar-refractivity contribution in [3.63, 3.8) is 0 Å². The summed E-state index contributed by atoms with van der Waals surface area (Å²) in [6.45, 7) is 14.3. The summed E-state index contributed by atoms with van der Waals surface area (Å²) in [6.07, 6.45) is 5.50. The molecule has 0 heterocycles. The van der Waals surface area contributed by atoms with E-state index in [4.69, 9.17) is 15.3 Å². The molecule has 0 unspecified atom stereocenters. The van der Waals surface area contributed by atoms with Crippen LogP contribution in [-0.2, 0) is 21.7 Å². The molecule has 0 radical (unpaired) electrons. The zero-order valence-electron chi connectivity index (χ0n) is 13.3. The molecular weight excluding hydrogens is 264 g/mol. The summed E-state index contributed by atoms with van der Waals surface area (Å²) >= 11 is 0. The Bertz CT molecular complexity index is 102. The van der Waals surface area contributed by atoms with Crippen LogP contribution < -0.4 is 0 Å². The third kappa shape index (κ3) is 771. The number of rotatable bonds is 1. The Kier molecular flexibility index (Phi) is 52.1. The van der Waals surface area contributed by atoms with E-state index in [1.807, 2.05) is 32.4 Å². The van der Waals surface area contributed by atoms with Gasteiger partial charge in [-0.15, -0.1) is 13.8 Å². The summed E-state index contributed by atoms with van der Waals surface area (Å²) in [4.78, 5) is 0. The Labute approximate surface area is 129 Å². The molecule has 112 valence electrons. The number of hydrogen-bond acceptors (Lipinski definition) is 3. The fraction of sp³-hybridized carbons (Fsp3) is 0.786. The van der Waals surface area contributed by atoms with Gasteiger partial charge < -0.3 is 15.3 Å². The molecule has 3 N–H and O–H groups in total. The third-order valence-corrected chi connectivity index (χ3v) is 0.385. The number of aliphatic hydroxyl groups excluding tert-OH is 3. The summed E-state index contributed by atoms with van der Waals surface area (Å²) in [5, 5.41) is 24.2. The van der Waals surface area contributed by atoms with Gasteiger partial charge in [-0.2, -0.15) is 0 Å². The van der Waals surface area contributed by atoms with Gasteiger partial charge in [-0.3, -0.25) is 0 Å². The summed E-state index contributed by atoms with van der Waals surface area (Å²) in [6, 6.07) is 0. The molecule has 0 saturated heterocycles. The fourth-order valence-corrected chi connectivity index (χ4v) is 0.192. The Morgan fingerprint density at radius 3 is 0.944 bits per heavy atom. The van der Waals surface area contributed by atoms with Crippen molar-refractivity contribution in [2.24, 2.45) is 0 Å². The van der Waals surface area contributed by atoms with Crippen LogP contribution in [0.15, 0.2) is 12.2 Å². The van der Waals surface area contributed by atoms with E-state index in [1.54, 1.807) is 41.5 Å². The Hall–Kier alpha value is 0.204. The van der Waals surface area contributed by atoms with Gasteiger partial charge in [-0.1, -0.05) is 0 Å². The third-order valence-electron chi connectivity index (χ3n) is 0.385. The maximum atomic E-state index is 8.06. The largest absolute Gasteiger partial charge is 0.394 e. The van der Waals surface area contributed by atoms with Crippen LogP contribution >= 0.6 is 0 Å². The maximum absolute atomic E-state index is 8.06. The molecule has 0 spiro atoms. The topological polar surface area (TPSA) is 60.7 Å². The molecule has 0 aromatic rings. The molecule has 0 atom stereocenters. The summed E-state index contributed by atoms with van der Waals surface area (Å²) < 4.78 is 0. The van der Waals surface area contributed by atoms with E-state index in [-0.39, 0.29) is 40.0 Å². The SMILES string of the molecule is C/C=C/[CH-]C.CC(C)O.CC(C)O.CC(C)O.[Ti]. The fourth-order valence-electron chi connectivity index (χ4n) is 0.192. The molecule has 0 fully saturated rings. The summed E-state index contributed by atoms with van der Waals surface area (Å²) in [7, 11) is 0. The van der Waals surface area contributed by atoms with Crippen molar-refractivity contribution in [1.29, 1.82) is 0 Å². The first-order chi connectivity index (χ1) is 7.61. The second-order valence-electron chi connectivity index (χ2n) is 4.14. The van der Waals surface area contributed by atoms with Gasteiger partial charge in [0.25, 0.3) is 0 Å². The second kappa shape index (κ2) is 30.3. The predicted molar refractivity (Wildman–Crippen MR) is 76.9 cm³/mol. The van der Waals surface area contributed by atoms with E-state index in [9.17, 15) is 0 Å². The number of hydrogen-bond donors (Lipinski definition) is 3. The van der Waals surface area contributed by atoms with Crippen LogP contribution in [0.2, 0.25) is 0 Å². The van der Waals surface area contributed by atoms with Gasteiger partial charge in [0.1, 0.15) is 0 Å². The molecule has 18 heavy (non-hydrogen) atoms. The van der Waals surface area contributed by atoms with Gasteiger partial charge in [0, 0.05) is 40.0 Å². The summed E-state index contributed by atoms with van der Waals surface area (Å²) in [5.74, 6) is 0. The molecule has 0 saturated carbocycles. The molecule has 0 aliphatic rings. The van der Waals surface area contributed by atoms with Crippen LogP contribution in [0.25, 0.3) is 0 Å². The zero-order chi connectivity index (χ0) is 14.9. The Morgan fingerprint density at radius 2 is 0.944 bits per heavy atom. The minimum Gasteiger partial charge on any atom is -0.394 e. The van der Waals surface area contributed by atoms with E-state index in [1.165, 1.54) is 0 Å². The van der Waals surface area contributed by atoms with Crippen molar-refractivity contribution in [2.45, 2.75) is 73.7 Å². The molecule has 0 aliphatic heterocycles. The second-order valence-corrected chi connectivity index (χ2v) is 4.14. The van der Waals surface area contributed by atoms with Crippen LogP contribution in [0.5, 0.6) is 0 Å². The first-order valence-corrected chi connectivity index (χ1v) is 6.06. The van der Waals surface area contributed by atoms with Crippen LogP contribution in [0.3, 0.4) is 0 Å². The quantitative estimate of drug-likeness (QED) is 0.515. The molecule has 3 nitrogen and oxygen atoms in total. The Balaban J connectivity index is -0.0000000412. The molecule has 0 amide bonds. The molecule has 0 aliphatic carbocycles. The van der Waals surface area contributed by atoms with Gasteiger partial charge in [0.05, 0.1) is 0 Å². The van der Waals surface area contributed by atoms with Crippen molar-refractivity contribution in [1.82, 2.24) is 0 Å². The number of aliphatic hydroxyl groups is 3. The maximum Gasteiger partial charge on any atom is 0.0483 e. The molecule has 0 rings (SSSR count). The first-order valence-electron chi connectivity index (χ1n) is 6.06. The van der Waals surface area contributed by atoms with Gasteiger partial charge in [0.15, 0.2) is 0 Å². The molecule has 0 aromatic heterocycles. The van der Waals surface area contributed by atoms with E-state index in [0.717, 1.165) is 0 Å². The first kappa shape index (κ1) is 30.9. The normalized spacial score (nSPS) is 8.56. The molecule has 4 heteroatoms. The van der Waals surface area contributed by atoms with E-state index in [0.29, 0.717) is 0 Å². The van der Waals surface area contributed by atoms with Crippen LogP contribution in [0, 0.1) is 6.42 Å². The summed E-state index contributed by atoms with van der Waals surface area (Å²) in [5.41, 5.74) is 0. The van der Waals surface area contributed by atoms with Crippen molar-refractivity contribution >= 4 is 0 Å². The van der Waals surface area contributed by atoms with Crippen LogP contribution in [0.1, 0.15) is 55.4 Å². The zero-order valence-corrected chi connectivity index (χ0v) is 14.9. The van der Waals surface area contributed by atoms with Crippen molar-refractivity contribution in [2.75, 3.05) is 0 Å². The van der Waals surface area contributed by atoms with Crippen LogP contribution in [-0.4, -0.2) is 33.6 Å². The van der Waals surface area contributed by atoms with E-state index >= 15 is 0 Å². The smallest absolute Gasteiger partial charge is 0.0483 e. The van der Waals surface area contributed by atoms with E-state index < -0.39 is 0 Å². The van der Waals surface area contributed by atoms with Gasteiger partial charge in [0.2, 0.25) is 0 Å².